The zero-order chi connectivity index (χ0) is 16.1. The SMILES string of the molecule is Fc1cc(SCc2ccccc2)c(Cl)cc1SNc1nccs1. The molecule has 7 heteroatoms. The van der Waals surface area contributed by atoms with Gasteiger partial charge in [-0.2, -0.15) is 0 Å². The van der Waals surface area contributed by atoms with Crippen molar-refractivity contribution in [3.63, 3.8) is 0 Å². The number of thiazole rings is 1. The number of thioether (sulfide) groups is 1. The second-order valence-electron chi connectivity index (χ2n) is 4.53. The predicted octanol–water partition coefficient (Wildman–Crippen LogP) is 6.35. The molecule has 0 aliphatic carbocycles. The summed E-state index contributed by atoms with van der Waals surface area (Å²) in [6.45, 7) is 0. The fourth-order valence-electron chi connectivity index (χ4n) is 1.81. The van der Waals surface area contributed by atoms with Crippen LogP contribution >= 0.6 is 46.6 Å². The number of nitrogens with one attached hydrogen (secondary N) is 1. The average Bonchev–Trinajstić information content (AvgIpc) is 3.08. The van der Waals surface area contributed by atoms with E-state index in [2.05, 4.69) is 9.71 Å². The summed E-state index contributed by atoms with van der Waals surface area (Å²) in [5.74, 6) is 0.461. The van der Waals surface area contributed by atoms with Crippen LogP contribution in [0.15, 0.2) is 63.8 Å². The molecule has 23 heavy (non-hydrogen) atoms. The Morgan fingerprint density at radius 2 is 2.00 bits per heavy atom. The quantitative estimate of drug-likeness (QED) is 0.396. The highest BCUT2D eigenvalue weighted by Crippen LogP contribution is 2.35. The van der Waals surface area contributed by atoms with Gasteiger partial charge in [-0.25, -0.2) is 9.37 Å². The van der Waals surface area contributed by atoms with Crippen molar-refractivity contribution in [3.05, 3.63) is 70.4 Å². The summed E-state index contributed by atoms with van der Waals surface area (Å²) in [7, 11) is 0. The van der Waals surface area contributed by atoms with E-state index in [1.54, 1.807) is 12.3 Å². The van der Waals surface area contributed by atoms with Crippen LogP contribution in [0.5, 0.6) is 0 Å². The van der Waals surface area contributed by atoms with Gasteiger partial charge in [0.2, 0.25) is 0 Å². The average molecular weight is 383 g/mol. The van der Waals surface area contributed by atoms with E-state index in [9.17, 15) is 4.39 Å². The molecule has 118 valence electrons. The highest BCUT2D eigenvalue weighted by Gasteiger charge is 2.11. The molecule has 1 N–H and O–H groups in total. The van der Waals surface area contributed by atoms with Gasteiger partial charge >= 0.3 is 0 Å². The molecule has 2 aromatic carbocycles. The molecule has 3 aromatic rings. The molecule has 0 bridgehead atoms. The van der Waals surface area contributed by atoms with Crippen molar-refractivity contribution in [2.45, 2.75) is 15.5 Å². The van der Waals surface area contributed by atoms with Gasteiger partial charge in [0.1, 0.15) is 5.82 Å². The molecule has 0 aliphatic heterocycles. The second-order valence-corrected chi connectivity index (χ2v) is 7.70. The van der Waals surface area contributed by atoms with Crippen LogP contribution in [0.2, 0.25) is 5.02 Å². The second kappa shape index (κ2) is 8.06. The third-order valence-corrected chi connectivity index (χ3v) is 6.10. The summed E-state index contributed by atoms with van der Waals surface area (Å²) in [6, 6.07) is 13.2. The first-order valence-corrected chi connectivity index (χ1v) is 9.76. The zero-order valence-corrected chi connectivity index (χ0v) is 15.0. The maximum Gasteiger partial charge on any atom is 0.192 e. The summed E-state index contributed by atoms with van der Waals surface area (Å²) in [5, 5.41) is 3.14. The largest absolute Gasteiger partial charge is 0.301 e. The standard InChI is InChI=1S/C16H12ClFN2S3/c17-12-8-15(23-20-16-19-6-7-21-16)13(18)9-14(12)22-10-11-4-2-1-3-5-11/h1-9H,10H2,(H,19,20). The minimum absolute atomic E-state index is 0.293. The number of benzene rings is 2. The first-order valence-electron chi connectivity index (χ1n) is 6.70. The maximum absolute atomic E-state index is 14.2. The van der Waals surface area contributed by atoms with Crippen LogP contribution in [0.1, 0.15) is 5.56 Å². The van der Waals surface area contributed by atoms with E-state index < -0.39 is 0 Å². The summed E-state index contributed by atoms with van der Waals surface area (Å²) in [4.78, 5) is 5.29. The maximum atomic E-state index is 14.2. The van der Waals surface area contributed by atoms with Gasteiger partial charge in [-0.3, -0.25) is 0 Å². The number of nitrogens with zero attached hydrogens (tertiary/aromatic N) is 1. The van der Waals surface area contributed by atoms with Crippen LogP contribution in [0.3, 0.4) is 0 Å². The Labute approximate surface area is 151 Å². The van der Waals surface area contributed by atoms with E-state index in [1.165, 1.54) is 46.7 Å². The van der Waals surface area contributed by atoms with Crippen molar-refractivity contribution in [3.8, 4) is 0 Å². The summed E-state index contributed by atoms with van der Waals surface area (Å²) in [5.41, 5.74) is 1.18. The topological polar surface area (TPSA) is 24.9 Å². The fraction of sp³-hybridized carbons (Fsp3) is 0.0625. The third kappa shape index (κ3) is 4.64. The molecule has 1 aromatic heterocycles. The lowest BCUT2D eigenvalue weighted by atomic mass is 10.2. The highest BCUT2D eigenvalue weighted by molar-refractivity contribution is 8.00. The van der Waals surface area contributed by atoms with Gasteiger partial charge in [-0.1, -0.05) is 41.9 Å². The Morgan fingerprint density at radius 1 is 1.17 bits per heavy atom. The first kappa shape index (κ1) is 16.6. The molecular formula is C16H12ClFN2S3. The van der Waals surface area contributed by atoms with Gasteiger partial charge in [-0.05, 0) is 29.6 Å². The van der Waals surface area contributed by atoms with Crippen molar-refractivity contribution in [2.24, 2.45) is 0 Å². The number of rotatable bonds is 6. The molecule has 0 saturated heterocycles. The Kier molecular flexibility index (Phi) is 5.83. The van der Waals surface area contributed by atoms with E-state index in [1.807, 2.05) is 35.7 Å². The first-order chi connectivity index (χ1) is 11.2. The van der Waals surface area contributed by atoms with Gasteiger partial charge in [0, 0.05) is 22.2 Å². The van der Waals surface area contributed by atoms with Crippen molar-refractivity contribution in [2.75, 3.05) is 4.72 Å². The Hall–Kier alpha value is -1.21. The Morgan fingerprint density at radius 3 is 2.74 bits per heavy atom. The van der Waals surface area contributed by atoms with Crippen LogP contribution < -0.4 is 4.72 Å². The molecule has 0 radical (unpaired) electrons. The van der Waals surface area contributed by atoms with Crippen LogP contribution in [-0.2, 0) is 5.75 Å². The lowest BCUT2D eigenvalue weighted by Gasteiger charge is -2.09. The zero-order valence-electron chi connectivity index (χ0n) is 11.8. The minimum Gasteiger partial charge on any atom is -0.301 e. The van der Waals surface area contributed by atoms with Crippen molar-refractivity contribution < 1.29 is 4.39 Å². The number of halogens is 2. The monoisotopic (exact) mass is 382 g/mol. The Bertz CT molecular complexity index is 767. The lowest BCUT2D eigenvalue weighted by Crippen LogP contribution is -1.90. The Balaban J connectivity index is 1.67. The molecule has 0 spiro atoms. The van der Waals surface area contributed by atoms with Crippen LogP contribution in [0.4, 0.5) is 9.52 Å². The van der Waals surface area contributed by atoms with E-state index in [4.69, 9.17) is 11.6 Å². The number of hydrogen-bond donors (Lipinski definition) is 1. The molecule has 0 unspecified atom stereocenters. The molecule has 0 aliphatic rings. The summed E-state index contributed by atoms with van der Waals surface area (Å²) < 4.78 is 17.2. The van der Waals surface area contributed by atoms with E-state index in [-0.39, 0.29) is 5.82 Å². The molecular weight excluding hydrogens is 371 g/mol. The molecule has 0 atom stereocenters. The molecule has 0 amide bonds. The van der Waals surface area contributed by atoms with Crippen LogP contribution in [0, 0.1) is 5.82 Å². The van der Waals surface area contributed by atoms with Gasteiger partial charge in [0.05, 0.1) is 9.92 Å². The van der Waals surface area contributed by atoms with E-state index in [0.29, 0.717) is 9.92 Å². The fourth-order valence-corrected chi connectivity index (χ4v) is 4.37. The van der Waals surface area contributed by atoms with Crippen molar-refractivity contribution in [1.29, 1.82) is 0 Å². The van der Waals surface area contributed by atoms with E-state index >= 15 is 0 Å². The van der Waals surface area contributed by atoms with Gasteiger partial charge in [0.15, 0.2) is 5.13 Å². The number of anilines is 1. The smallest absolute Gasteiger partial charge is 0.192 e. The normalized spacial score (nSPS) is 10.7. The van der Waals surface area contributed by atoms with E-state index in [0.717, 1.165) is 15.8 Å². The molecule has 0 saturated carbocycles. The molecule has 2 nitrogen and oxygen atoms in total. The van der Waals surface area contributed by atoms with Crippen molar-refractivity contribution in [1.82, 2.24) is 4.98 Å². The minimum atomic E-state index is -0.293. The molecule has 1 heterocycles. The van der Waals surface area contributed by atoms with Gasteiger partial charge in [0.25, 0.3) is 0 Å². The van der Waals surface area contributed by atoms with Gasteiger partial charge < -0.3 is 4.72 Å². The third-order valence-electron chi connectivity index (χ3n) is 2.90. The lowest BCUT2D eigenvalue weighted by molar-refractivity contribution is 0.598. The number of aromatic nitrogens is 1. The highest BCUT2D eigenvalue weighted by atomic mass is 35.5. The predicted molar refractivity (Wildman–Crippen MR) is 99.0 cm³/mol. The van der Waals surface area contributed by atoms with Crippen LogP contribution in [-0.4, -0.2) is 4.98 Å². The summed E-state index contributed by atoms with van der Waals surface area (Å²) in [6.07, 6.45) is 1.69. The van der Waals surface area contributed by atoms with Crippen LogP contribution in [0.25, 0.3) is 0 Å². The molecule has 3 rings (SSSR count). The van der Waals surface area contributed by atoms with Crippen molar-refractivity contribution >= 4 is 51.8 Å². The molecule has 0 fully saturated rings. The summed E-state index contributed by atoms with van der Waals surface area (Å²) >= 11 is 10.4. The number of hydrogen-bond acceptors (Lipinski definition) is 5. The van der Waals surface area contributed by atoms with Gasteiger partial charge in [-0.15, -0.1) is 23.1 Å².